The lowest BCUT2D eigenvalue weighted by Crippen LogP contribution is -2.36. The molecule has 1 aromatic heterocycles. The number of halogens is 1. The molecule has 0 unspecified atom stereocenters. The van der Waals surface area contributed by atoms with E-state index in [2.05, 4.69) is 36.0 Å². The first-order valence-electron chi connectivity index (χ1n) is 10.6. The second-order valence-electron chi connectivity index (χ2n) is 8.07. The molecule has 2 heterocycles. The number of hydrogen-bond acceptors (Lipinski definition) is 6. The van der Waals surface area contributed by atoms with Gasteiger partial charge in [-0.15, -0.1) is 10.2 Å². The van der Waals surface area contributed by atoms with E-state index in [1.165, 1.54) is 18.7 Å². The van der Waals surface area contributed by atoms with Crippen molar-refractivity contribution in [3.63, 3.8) is 0 Å². The van der Waals surface area contributed by atoms with Crippen LogP contribution in [-0.2, 0) is 11.2 Å². The van der Waals surface area contributed by atoms with Crippen molar-refractivity contribution in [1.29, 1.82) is 0 Å². The number of amides is 1. The van der Waals surface area contributed by atoms with Crippen LogP contribution in [0.4, 0.5) is 5.69 Å². The number of fused-ring (bicyclic) bond motifs is 3. The van der Waals surface area contributed by atoms with E-state index in [1.54, 1.807) is 17.0 Å². The molecule has 166 valence electrons. The Kier molecular flexibility index (Phi) is 6.67. The molecule has 0 saturated heterocycles. The zero-order chi connectivity index (χ0) is 22.8. The number of ether oxygens (including phenoxy) is 1. The Balaban J connectivity index is 1.91. The second-order valence-corrected chi connectivity index (χ2v) is 9.50. The van der Waals surface area contributed by atoms with E-state index in [4.69, 9.17) is 16.3 Å². The highest BCUT2D eigenvalue weighted by atomic mass is 35.5. The Hall–Kier alpha value is -2.64. The average molecular weight is 469 g/mol. The lowest BCUT2D eigenvalue weighted by molar-refractivity contribution is -0.118. The number of aryl methyl sites for hydroxylation is 1. The molecule has 3 aromatic rings. The third-order valence-electron chi connectivity index (χ3n) is 5.10. The third-order valence-corrected chi connectivity index (χ3v) is 6.60. The molecular weight excluding hydrogens is 444 g/mol. The fraction of sp³-hybridized carbons (Fsp3) is 0.333. The Labute approximate surface area is 197 Å². The Bertz CT molecular complexity index is 1150. The Morgan fingerprint density at radius 3 is 2.72 bits per heavy atom. The highest BCUT2D eigenvalue weighted by Gasteiger charge is 2.35. The summed E-state index contributed by atoms with van der Waals surface area (Å²) >= 11 is 7.81. The monoisotopic (exact) mass is 468 g/mol. The molecule has 0 aliphatic carbocycles. The van der Waals surface area contributed by atoms with Gasteiger partial charge < -0.3 is 4.74 Å². The number of carbonyl (C=O) groups excluding carboxylic acids is 1. The summed E-state index contributed by atoms with van der Waals surface area (Å²) in [5, 5.41) is 9.94. The summed E-state index contributed by atoms with van der Waals surface area (Å²) in [4.78, 5) is 19.2. The van der Waals surface area contributed by atoms with Crippen LogP contribution in [0.5, 0.6) is 5.88 Å². The van der Waals surface area contributed by atoms with E-state index in [-0.39, 0.29) is 5.91 Å². The van der Waals surface area contributed by atoms with Crippen molar-refractivity contribution in [2.45, 2.75) is 45.5 Å². The highest BCUT2D eigenvalue weighted by Crippen LogP contribution is 2.44. The lowest BCUT2D eigenvalue weighted by atomic mass is 10.0. The van der Waals surface area contributed by atoms with Gasteiger partial charge in [-0.1, -0.05) is 62.3 Å². The molecule has 2 aromatic carbocycles. The molecule has 0 radical (unpaired) electrons. The van der Waals surface area contributed by atoms with Crippen molar-refractivity contribution < 1.29 is 9.53 Å². The van der Waals surface area contributed by atoms with Gasteiger partial charge in [0.2, 0.25) is 23.2 Å². The van der Waals surface area contributed by atoms with Crippen LogP contribution in [0.3, 0.4) is 0 Å². The highest BCUT2D eigenvalue weighted by molar-refractivity contribution is 7.99. The lowest BCUT2D eigenvalue weighted by Gasteiger charge is -2.30. The first kappa shape index (κ1) is 22.6. The van der Waals surface area contributed by atoms with E-state index in [0.29, 0.717) is 33.4 Å². The maximum atomic E-state index is 12.9. The maximum absolute atomic E-state index is 12.9. The predicted octanol–water partition coefficient (Wildman–Crippen LogP) is 5.95. The van der Waals surface area contributed by atoms with Gasteiger partial charge in [0.25, 0.3) is 0 Å². The molecule has 0 saturated carbocycles. The van der Waals surface area contributed by atoms with E-state index >= 15 is 0 Å². The van der Waals surface area contributed by atoms with Crippen LogP contribution in [0.15, 0.2) is 47.6 Å². The Morgan fingerprint density at radius 2 is 2.03 bits per heavy atom. The number of aromatic nitrogens is 3. The Morgan fingerprint density at radius 1 is 1.22 bits per heavy atom. The van der Waals surface area contributed by atoms with E-state index < -0.39 is 6.23 Å². The summed E-state index contributed by atoms with van der Waals surface area (Å²) in [6, 6.07) is 13.3. The molecule has 6 nitrogen and oxygen atoms in total. The van der Waals surface area contributed by atoms with Crippen LogP contribution in [0.25, 0.3) is 11.3 Å². The normalized spacial score (nSPS) is 15.1. The van der Waals surface area contributed by atoms with Gasteiger partial charge in [0.15, 0.2) is 5.69 Å². The largest absolute Gasteiger partial charge is 0.447 e. The molecule has 0 fully saturated rings. The van der Waals surface area contributed by atoms with Gasteiger partial charge in [-0.25, -0.2) is 0 Å². The number of benzene rings is 2. The topological polar surface area (TPSA) is 68.2 Å². The van der Waals surface area contributed by atoms with Gasteiger partial charge in [0.05, 0.1) is 5.69 Å². The van der Waals surface area contributed by atoms with Crippen molar-refractivity contribution in [2.24, 2.45) is 5.92 Å². The van der Waals surface area contributed by atoms with Crippen molar-refractivity contribution in [2.75, 3.05) is 10.7 Å². The first-order valence-corrected chi connectivity index (χ1v) is 12.0. The fourth-order valence-electron chi connectivity index (χ4n) is 3.55. The maximum Gasteiger partial charge on any atom is 0.247 e. The number of nitrogens with zero attached hydrogens (tertiary/aromatic N) is 4. The van der Waals surface area contributed by atoms with Gasteiger partial charge in [0, 0.05) is 28.8 Å². The predicted molar refractivity (Wildman–Crippen MR) is 128 cm³/mol. The summed E-state index contributed by atoms with van der Waals surface area (Å²) < 4.78 is 6.39. The fourth-order valence-corrected chi connectivity index (χ4v) is 4.48. The summed E-state index contributed by atoms with van der Waals surface area (Å²) in [6.07, 6.45) is 0.114. The molecule has 4 rings (SSSR count). The van der Waals surface area contributed by atoms with Crippen LogP contribution < -0.4 is 9.64 Å². The number of rotatable bonds is 5. The molecule has 32 heavy (non-hydrogen) atoms. The van der Waals surface area contributed by atoms with Crippen LogP contribution in [-0.4, -0.2) is 26.8 Å². The zero-order valence-electron chi connectivity index (χ0n) is 18.5. The zero-order valence-corrected chi connectivity index (χ0v) is 20.1. The summed E-state index contributed by atoms with van der Waals surface area (Å²) in [5.41, 5.74) is 3.89. The van der Waals surface area contributed by atoms with Crippen LogP contribution in [0, 0.1) is 5.92 Å². The smallest absolute Gasteiger partial charge is 0.247 e. The molecule has 0 spiro atoms. The SMILES string of the molecule is CCc1ccc2c(c1)-c1nnc(SCC(C)C)nc1O[C@@H](c1cccc(Cl)c1)N2C(C)=O. The molecule has 1 aliphatic heterocycles. The van der Waals surface area contributed by atoms with E-state index in [9.17, 15) is 4.79 Å². The minimum Gasteiger partial charge on any atom is -0.447 e. The van der Waals surface area contributed by atoms with Gasteiger partial charge in [-0.3, -0.25) is 9.69 Å². The summed E-state index contributed by atoms with van der Waals surface area (Å²) in [5.74, 6) is 1.56. The molecule has 1 atom stereocenters. The van der Waals surface area contributed by atoms with Crippen molar-refractivity contribution >= 4 is 35.0 Å². The summed E-state index contributed by atoms with van der Waals surface area (Å²) in [7, 11) is 0. The molecule has 1 amide bonds. The van der Waals surface area contributed by atoms with Gasteiger partial charge in [0.1, 0.15) is 0 Å². The summed E-state index contributed by atoms with van der Waals surface area (Å²) in [6.45, 7) is 7.89. The third kappa shape index (κ3) is 4.59. The van der Waals surface area contributed by atoms with Gasteiger partial charge in [-0.05, 0) is 42.2 Å². The number of carbonyl (C=O) groups is 1. The van der Waals surface area contributed by atoms with Crippen molar-refractivity contribution in [1.82, 2.24) is 15.2 Å². The molecular formula is C24H25ClN4O2S. The molecule has 8 heteroatoms. The van der Waals surface area contributed by atoms with Gasteiger partial charge in [-0.2, -0.15) is 4.98 Å². The van der Waals surface area contributed by atoms with Crippen LogP contribution in [0.2, 0.25) is 5.02 Å². The molecule has 1 aliphatic rings. The number of anilines is 1. The van der Waals surface area contributed by atoms with Gasteiger partial charge >= 0.3 is 0 Å². The van der Waals surface area contributed by atoms with Crippen molar-refractivity contribution in [3.05, 3.63) is 58.6 Å². The minimum atomic E-state index is -0.738. The first-order chi connectivity index (χ1) is 15.4. The second kappa shape index (κ2) is 9.46. The molecule has 0 bridgehead atoms. The number of hydrogen-bond donors (Lipinski definition) is 0. The van der Waals surface area contributed by atoms with Crippen LogP contribution in [0.1, 0.15) is 45.0 Å². The average Bonchev–Trinajstić information content (AvgIpc) is 2.91. The van der Waals surface area contributed by atoms with E-state index in [1.807, 2.05) is 30.3 Å². The van der Waals surface area contributed by atoms with E-state index in [0.717, 1.165) is 28.9 Å². The van der Waals surface area contributed by atoms with Crippen LogP contribution >= 0.6 is 23.4 Å². The number of thioether (sulfide) groups is 1. The quantitative estimate of drug-likeness (QED) is 0.431. The minimum absolute atomic E-state index is 0.157. The standard InChI is InChI=1S/C24H25ClN4O2S/c1-5-16-9-10-20-19(11-16)21-22(26-24(28-27-21)32-13-14(2)3)31-23(29(20)15(4)30)17-7-6-8-18(25)12-17/h6-12,14,23H,5,13H2,1-4H3/t23-/m0/s1. The molecule has 0 N–H and O–H groups in total. The van der Waals surface area contributed by atoms with Crippen molar-refractivity contribution in [3.8, 4) is 17.1 Å².